The minimum Gasteiger partial charge on any atom is -0.351 e. The summed E-state index contributed by atoms with van der Waals surface area (Å²) < 4.78 is 0. The second kappa shape index (κ2) is 6.81. The van der Waals surface area contributed by atoms with Gasteiger partial charge in [0, 0.05) is 6.54 Å². The number of carbonyl (C=O) groups excluding carboxylic acids is 1. The molecule has 6 nitrogen and oxygen atoms in total. The molecule has 108 valence electrons. The van der Waals surface area contributed by atoms with Gasteiger partial charge in [0.1, 0.15) is 16.9 Å². The number of rotatable bonds is 5. The molecule has 7 heteroatoms. The fraction of sp³-hybridized carbons (Fsp3) is 0.143. The molecule has 2 aromatic rings. The zero-order valence-electron chi connectivity index (χ0n) is 11.0. The monoisotopic (exact) mass is 305 g/mol. The zero-order chi connectivity index (χ0) is 15.2. The first kappa shape index (κ1) is 14.9. The molecule has 1 amide bonds. The van der Waals surface area contributed by atoms with E-state index in [1.165, 1.54) is 6.07 Å². The number of benzene rings is 1. The summed E-state index contributed by atoms with van der Waals surface area (Å²) in [5.74, 6) is -0.540. The van der Waals surface area contributed by atoms with E-state index >= 15 is 0 Å². The Balaban J connectivity index is 2.03. The molecule has 1 N–H and O–H groups in total. The molecule has 0 unspecified atom stereocenters. The normalized spacial score (nSPS) is 10.1. The SMILES string of the molecule is O=C(NCCc1ccccc1)c1cc(Cl)ncc1[N+](=O)[O-]. The Hall–Kier alpha value is -2.47. The van der Waals surface area contributed by atoms with E-state index in [1.807, 2.05) is 30.3 Å². The van der Waals surface area contributed by atoms with Crippen LogP contribution in [0.3, 0.4) is 0 Å². The molecule has 0 fully saturated rings. The molecule has 1 aromatic carbocycles. The van der Waals surface area contributed by atoms with Gasteiger partial charge in [0.25, 0.3) is 11.6 Å². The average molecular weight is 306 g/mol. The predicted octanol–water partition coefficient (Wildman–Crippen LogP) is 2.62. The molecule has 0 saturated heterocycles. The molecule has 0 atom stereocenters. The summed E-state index contributed by atoms with van der Waals surface area (Å²) in [7, 11) is 0. The molecule has 0 aliphatic heterocycles. The first-order valence-electron chi connectivity index (χ1n) is 6.20. The Morgan fingerprint density at radius 2 is 2.05 bits per heavy atom. The third kappa shape index (κ3) is 4.00. The van der Waals surface area contributed by atoms with Gasteiger partial charge in [-0.1, -0.05) is 41.9 Å². The standard InChI is InChI=1S/C14H12ClN3O3/c15-13-8-11(12(9-17-13)18(20)21)14(19)16-7-6-10-4-2-1-3-5-10/h1-5,8-9H,6-7H2,(H,16,19). The fourth-order valence-electron chi connectivity index (χ4n) is 1.81. The van der Waals surface area contributed by atoms with Crippen molar-refractivity contribution in [2.24, 2.45) is 0 Å². The third-order valence-electron chi connectivity index (χ3n) is 2.83. The number of pyridine rings is 1. The lowest BCUT2D eigenvalue weighted by Crippen LogP contribution is -2.26. The van der Waals surface area contributed by atoms with Crippen molar-refractivity contribution < 1.29 is 9.72 Å². The lowest BCUT2D eigenvalue weighted by atomic mass is 10.1. The van der Waals surface area contributed by atoms with Gasteiger partial charge in [-0.05, 0) is 18.1 Å². The van der Waals surface area contributed by atoms with Gasteiger partial charge in [-0.2, -0.15) is 0 Å². The zero-order valence-corrected chi connectivity index (χ0v) is 11.7. The summed E-state index contributed by atoms with van der Waals surface area (Å²) in [6, 6.07) is 10.8. The largest absolute Gasteiger partial charge is 0.351 e. The molecule has 21 heavy (non-hydrogen) atoms. The molecule has 0 radical (unpaired) electrons. The smallest absolute Gasteiger partial charge is 0.300 e. The Kier molecular flexibility index (Phi) is 4.84. The maximum Gasteiger partial charge on any atom is 0.300 e. The Morgan fingerprint density at radius 3 is 2.71 bits per heavy atom. The molecule has 2 rings (SSSR count). The summed E-state index contributed by atoms with van der Waals surface area (Å²) in [6.07, 6.45) is 1.62. The third-order valence-corrected chi connectivity index (χ3v) is 3.04. The minimum absolute atomic E-state index is 0.0359. The summed E-state index contributed by atoms with van der Waals surface area (Å²) in [4.78, 5) is 25.8. The molecule has 0 aliphatic carbocycles. The first-order valence-corrected chi connectivity index (χ1v) is 6.58. The van der Waals surface area contributed by atoms with Gasteiger partial charge in [-0.3, -0.25) is 14.9 Å². The van der Waals surface area contributed by atoms with Crippen molar-refractivity contribution in [1.82, 2.24) is 10.3 Å². The van der Waals surface area contributed by atoms with Crippen molar-refractivity contribution in [2.75, 3.05) is 6.54 Å². The highest BCUT2D eigenvalue weighted by molar-refractivity contribution is 6.29. The molecule has 0 saturated carbocycles. The lowest BCUT2D eigenvalue weighted by molar-refractivity contribution is -0.385. The van der Waals surface area contributed by atoms with Crippen LogP contribution in [0.2, 0.25) is 5.15 Å². The van der Waals surface area contributed by atoms with Crippen molar-refractivity contribution in [3.05, 3.63) is 69.0 Å². The highest BCUT2D eigenvalue weighted by Crippen LogP contribution is 2.20. The van der Waals surface area contributed by atoms with Gasteiger partial charge in [0.2, 0.25) is 0 Å². The van der Waals surface area contributed by atoms with Gasteiger partial charge >= 0.3 is 0 Å². The number of carbonyl (C=O) groups is 1. The van der Waals surface area contributed by atoms with E-state index in [2.05, 4.69) is 10.3 Å². The number of nitro groups is 1. The lowest BCUT2D eigenvalue weighted by Gasteiger charge is -2.06. The molecule has 0 aliphatic rings. The van der Waals surface area contributed by atoms with E-state index in [0.29, 0.717) is 13.0 Å². The van der Waals surface area contributed by atoms with Gasteiger partial charge in [0.05, 0.1) is 4.92 Å². The van der Waals surface area contributed by atoms with Gasteiger partial charge in [-0.25, -0.2) is 4.98 Å². The average Bonchev–Trinajstić information content (AvgIpc) is 2.47. The van der Waals surface area contributed by atoms with Crippen LogP contribution in [0, 0.1) is 10.1 Å². The van der Waals surface area contributed by atoms with E-state index in [-0.39, 0.29) is 16.4 Å². The van der Waals surface area contributed by atoms with Gasteiger partial charge < -0.3 is 5.32 Å². The Bertz CT molecular complexity index is 662. The number of aromatic nitrogens is 1. The maximum atomic E-state index is 12.0. The van der Waals surface area contributed by atoms with Crippen molar-refractivity contribution in [2.45, 2.75) is 6.42 Å². The van der Waals surface area contributed by atoms with Crippen LogP contribution in [-0.4, -0.2) is 22.4 Å². The number of hydrogen-bond acceptors (Lipinski definition) is 4. The fourth-order valence-corrected chi connectivity index (χ4v) is 1.97. The van der Waals surface area contributed by atoms with Crippen LogP contribution < -0.4 is 5.32 Å². The van der Waals surface area contributed by atoms with Crippen LogP contribution in [0.5, 0.6) is 0 Å². The van der Waals surface area contributed by atoms with Crippen LogP contribution in [0.15, 0.2) is 42.6 Å². The van der Waals surface area contributed by atoms with Crippen molar-refractivity contribution in [3.63, 3.8) is 0 Å². The van der Waals surface area contributed by atoms with E-state index in [4.69, 9.17) is 11.6 Å². The van der Waals surface area contributed by atoms with Crippen LogP contribution >= 0.6 is 11.6 Å². The van der Waals surface area contributed by atoms with Crippen LogP contribution in [0.4, 0.5) is 5.69 Å². The van der Waals surface area contributed by atoms with E-state index < -0.39 is 10.8 Å². The molecule has 1 aromatic heterocycles. The second-order valence-corrected chi connectivity index (χ2v) is 4.66. The van der Waals surface area contributed by atoms with Crippen LogP contribution in [0.1, 0.15) is 15.9 Å². The summed E-state index contributed by atoms with van der Waals surface area (Å²) in [6.45, 7) is 0.375. The summed E-state index contributed by atoms with van der Waals surface area (Å²) in [5, 5.41) is 13.6. The second-order valence-electron chi connectivity index (χ2n) is 4.27. The van der Waals surface area contributed by atoms with Crippen molar-refractivity contribution in [3.8, 4) is 0 Å². The number of halogens is 1. The van der Waals surface area contributed by atoms with Crippen molar-refractivity contribution >= 4 is 23.2 Å². The quantitative estimate of drug-likeness (QED) is 0.523. The van der Waals surface area contributed by atoms with Crippen LogP contribution in [0.25, 0.3) is 0 Å². The maximum absolute atomic E-state index is 12.0. The number of nitrogens with zero attached hydrogens (tertiary/aromatic N) is 2. The Morgan fingerprint density at radius 1 is 1.33 bits per heavy atom. The van der Waals surface area contributed by atoms with E-state index in [0.717, 1.165) is 11.8 Å². The molecular weight excluding hydrogens is 294 g/mol. The topological polar surface area (TPSA) is 85.1 Å². The summed E-state index contributed by atoms with van der Waals surface area (Å²) >= 11 is 5.68. The number of nitrogens with one attached hydrogen (secondary N) is 1. The van der Waals surface area contributed by atoms with Crippen molar-refractivity contribution in [1.29, 1.82) is 0 Å². The number of amides is 1. The van der Waals surface area contributed by atoms with Gasteiger partial charge in [-0.15, -0.1) is 0 Å². The van der Waals surface area contributed by atoms with Crippen LogP contribution in [-0.2, 0) is 6.42 Å². The minimum atomic E-state index is -0.657. The number of hydrogen-bond donors (Lipinski definition) is 1. The predicted molar refractivity (Wildman–Crippen MR) is 78.4 cm³/mol. The molecular formula is C14H12ClN3O3. The molecule has 1 heterocycles. The van der Waals surface area contributed by atoms with E-state index in [9.17, 15) is 14.9 Å². The molecule has 0 spiro atoms. The van der Waals surface area contributed by atoms with Gasteiger partial charge in [0.15, 0.2) is 0 Å². The Labute approximate surface area is 125 Å². The van der Waals surface area contributed by atoms with E-state index in [1.54, 1.807) is 0 Å². The highest BCUT2D eigenvalue weighted by Gasteiger charge is 2.20. The summed E-state index contributed by atoms with van der Waals surface area (Å²) in [5.41, 5.74) is 0.615. The first-order chi connectivity index (χ1) is 10.1. The highest BCUT2D eigenvalue weighted by atomic mass is 35.5. The molecule has 0 bridgehead atoms.